The Bertz CT molecular complexity index is 1320. The number of halogens is 2. The van der Waals surface area contributed by atoms with E-state index >= 15 is 0 Å². The first-order valence-electron chi connectivity index (χ1n) is 9.09. The van der Waals surface area contributed by atoms with Crippen molar-refractivity contribution in [2.24, 2.45) is 4.99 Å². The van der Waals surface area contributed by atoms with Crippen molar-refractivity contribution < 1.29 is 18.3 Å². The van der Waals surface area contributed by atoms with Crippen LogP contribution in [0, 0.1) is 5.82 Å². The average molecular weight is 447 g/mol. The largest absolute Gasteiger partial charge is 0.467 e. The molecular weight excluding hydrogens is 431 g/mol. The molecule has 3 aromatic rings. The summed E-state index contributed by atoms with van der Waals surface area (Å²) in [5.41, 5.74) is 0.315. The van der Waals surface area contributed by atoms with Gasteiger partial charge in [0.1, 0.15) is 17.6 Å². The third-order valence-corrected chi connectivity index (χ3v) is 5.92. The Morgan fingerprint density at radius 2 is 2.20 bits per heavy atom. The fraction of sp³-hybridized carbons (Fsp3) is 0.190. The van der Waals surface area contributed by atoms with Crippen LogP contribution in [-0.4, -0.2) is 17.1 Å². The molecular formula is C21H16ClFN2O4S. The zero-order valence-electron chi connectivity index (χ0n) is 16.0. The lowest BCUT2D eigenvalue weighted by Gasteiger charge is -2.22. The maximum Gasteiger partial charge on any atom is 0.338 e. The molecule has 4 rings (SSSR count). The van der Waals surface area contributed by atoms with Crippen LogP contribution in [0.2, 0.25) is 5.02 Å². The molecule has 0 unspecified atom stereocenters. The molecule has 2 aromatic heterocycles. The highest BCUT2D eigenvalue weighted by molar-refractivity contribution is 7.07. The predicted octanol–water partition coefficient (Wildman–Crippen LogP) is 3.18. The van der Waals surface area contributed by atoms with Crippen molar-refractivity contribution in [1.29, 1.82) is 0 Å². The van der Waals surface area contributed by atoms with Crippen LogP contribution in [0.25, 0.3) is 6.08 Å². The molecule has 0 N–H and O–H groups in total. The van der Waals surface area contributed by atoms with E-state index in [1.54, 1.807) is 32.0 Å². The van der Waals surface area contributed by atoms with Gasteiger partial charge in [0.2, 0.25) is 0 Å². The molecule has 1 aliphatic rings. The molecule has 0 saturated heterocycles. The van der Waals surface area contributed by atoms with Gasteiger partial charge in [0.25, 0.3) is 5.56 Å². The number of hydrogen-bond donors (Lipinski definition) is 0. The molecule has 0 saturated carbocycles. The van der Waals surface area contributed by atoms with Gasteiger partial charge in [0.05, 0.1) is 33.7 Å². The number of carbonyl (C=O) groups is 1. The number of thiazole rings is 1. The number of ether oxygens (including phenoxy) is 1. The van der Waals surface area contributed by atoms with Crippen molar-refractivity contribution in [3.63, 3.8) is 0 Å². The summed E-state index contributed by atoms with van der Waals surface area (Å²) in [5.74, 6) is -0.727. The number of aromatic nitrogens is 1. The molecule has 0 amide bonds. The second-order valence-electron chi connectivity index (χ2n) is 6.45. The minimum Gasteiger partial charge on any atom is -0.467 e. The zero-order valence-corrected chi connectivity index (χ0v) is 17.6. The summed E-state index contributed by atoms with van der Waals surface area (Å²) < 4.78 is 26.5. The second kappa shape index (κ2) is 8.04. The summed E-state index contributed by atoms with van der Waals surface area (Å²) in [7, 11) is 0. The highest BCUT2D eigenvalue weighted by Crippen LogP contribution is 2.30. The van der Waals surface area contributed by atoms with Gasteiger partial charge in [-0.2, -0.15) is 0 Å². The van der Waals surface area contributed by atoms with Gasteiger partial charge in [-0.15, -0.1) is 0 Å². The van der Waals surface area contributed by atoms with Crippen molar-refractivity contribution in [3.05, 3.63) is 89.7 Å². The Morgan fingerprint density at radius 1 is 1.40 bits per heavy atom. The Balaban J connectivity index is 1.98. The fourth-order valence-electron chi connectivity index (χ4n) is 3.29. The topological polar surface area (TPSA) is 73.8 Å². The van der Waals surface area contributed by atoms with E-state index in [2.05, 4.69) is 4.99 Å². The minimum atomic E-state index is -0.839. The average Bonchev–Trinajstić information content (AvgIpc) is 3.33. The monoisotopic (exact) mass is 446 g/mol. The van der Waals surface area contributed by atoms with E-state index in [4.69, 9.17) is 20.8 Å². The Labute approximate surface area is 179 Å². The molecule has 1 aromatic carbocycles. The first-order valence-corrected chi connectivity index (χ1v) is 10.3. The van der Waals surface area contributed by atoms with Gasteiger partial charge in [0.15, 0.2) is 4.80 Å². The maximum atomic E-state index is 14.2. The highest BCUT2D eigenvalue weighted by Gasteiger charge is 2.35. The van der Waals surface area contributed by atoms with Crippen LogP contribution in [0.4, 0.5) is 4.39 Å². The summed E-state index contributed by atoms with van der Waals surface area (Å²) >= 11 is 7.19. The quantitative estimate of drug-likeness (QED) is 0.577. The number of allylic oxidation sites excluding steroid dienone is 1. The SMILES string of the molecule is CCOC(=O)C1=C(C)N=c2s/c(=C/c3c(F)cccc3Cl)c(=O)n2[C@H]1c1ccco1. The first kappa shape index (κ1) is 20.3. The number of hydrogen-bond acceptors (Lipinski definition) is 6. The van der Waals surface area contributed by atoms with Crippen LogP contribution < -0.4 is 14.9 Å². The molecule has 0 spiro atoms. The van der Waals surface area contributed by atoms with Gasteiger partial charge in [-0.1, -0.05) is 29.0 Å². The molecule has 0 radical (unpaired) electrons. The highest BCUT2D eigenvalue weighted by atomic mass is 35.5. The number of carbonyl (C=O) groups excluding carboxylic acids is 1. The molecule has 0 bridgehead atoms. The summed E-state index contributed by atoms with van der Waals surface area (Å²) in [6.07, 6.45) is 2.85. The normalized spacial score (nSPS) is 16.4. The molecule has 154 valence electrons. The van der Waals surface area contributed by atoms with E-state index in [0.29, 0.717) is 16.3 Å². The van der Waals surface area contributed by atoms with Crippen LogP contribution in [0.3, 0.4) is 0 Å². The van der Waals surface area contributed by atoms with Crippen molar-refractivity contribution in [3.8, 4) is 0 Å². The first-order chi connectivity index (χ1) is 14.4. The molecule has 1 atom stereocenters. The Kier molecular flexibility index (Phi) is 5.44. The van der Waals surface area contributed by atoms with Gasteiger partial charge >= 0.3 is 5.97 Å². The Morgan fingerprint density at radius 3 is 2.87 bits per heavy atom. The molecule has 9 heteroatoms. The van der Waals surface area contributed by atoms with Gasteiger partial charge < -0.3 is 9.15 Å². The van der Waals surface area contributed by atoms with Crippen LogP contribution >= 0.6 is 22.9 Å². The maximum absolute atomic E-state index is 14.2. The van der Waals surface area contributed by atoms with Crippen molar-refractivity contribution >= 4 is 35.0 Å². The summed E-state index contributed by atoms with van der Waals surface area (Å²) in [5, 5.41) is 0.187. The molecule has 30 heavy (non-hydrogen) atoms. The molecule has 0 fully saturated rings. The molecule has 1 aliphatic heterocycles. The van der Waals surface area contributed by atoms with Crippen LogP contribution in [0.1, 0.15) is 31.2 Å². The summed E-state index contributed by atoms with van der Waals surface area (Å²) in [6.45, 7) is 3.55. The summed E-state index contributed by atoms with van der Waals surface area (Å²) in [4.78, 5) is 30.7. The number of fused-ring (bicyclic) bond motifs is 1. The van der Waals surface area contributed by atoms with E-state index in [0.717, 1.165) is 11.3 Å². The minimum absolute atomic E-state index is 0.111. The standard InChI is InChI=1S/C21H16ClFN2O4S/c1-3-28-20(27)17-11(2)24-21-25(18(17)15-8-5-9-29-15)19(26)16(30-21)10-12-13(22)6-4-7-14(12)23/h4-10,18H,3H2,1-2H3/b16-10+/t18-/m0/s1. The van der Waals surface area contributed by atoms with Gasteiger partial charge in [-0.05, 0) is 44.2 Å². The smallest absolute Gasteiger partial charge is 0.338 e. The van der Waals surface area contributed by atoms with E-state index in [9.17, 15) is 14.0 Å². The number of nitrogens with zero attached hydrogens (tertiary/aromatic N) is 2. The lowest BCUT2D eigenvalue weighted by Crippen LogP contribution is -2.39. The fourth-order valence-corrected chi connectivity index (χ4v) is 4.53. The number of rotatable bonds is 4. The number of benzene rings is 1. The van der Waals surface area contributed by atoms with E-state index in [-0.39, 0.29) is 27.3 Å². The van der Waals surface area contributed by atoms with Gasteiger partial charge in [0, 0.05) is 5.56 Å². The predicted molar refractivity (Wildman–Crippen MR) is 111 cm³/mol. The molecule has 3 heterocycles. The van der Waals surface area contributed by atoms with E-state index in [1.807, 2.05) is 0 Å². The number of furan rings is 1. The Hall–Kier alpha value is -2.97. The molecule has 0 aliphatic carbocycles. The van der Waals surface area contributed by atoms with Gasteiger partial charge in [-0.3, -0.25) is 9.36 Å². The van der Waals surface area contributed by atoms with Crippen molar-refractivity contribution in [1.82, 2.24) is 4.57 Å². The van der Waals surface area contributed by atoms with Gasteiger partial charge in [-0.25, -0.2) is 14.2 Å². The van der Waals surface area contributed by atoms with Crippen molar-refractivity contribution in [2.75, 3.05) is 6.61 Å². The zero-order chi connectivity index (χ0) is 21.4. The van der Waals surface area contributed by atoms with Crippen molar-refractivity contribution in [2.45, 2.75) is 19.9 Å². The third kappa shape index (κ3) is 3.42. The second-order valence-corrected chi connectivity index (χ2v) is 7.87. The summed E-state index contributed by atoms with van der Waals surface area (Å²) in [6, 6.07) is 6.80. The van der Waals surface area contributed by atoms with Crippen LogP contribution in [-0.2, 0) is 9.53 Å². The molecule has 6 nitrogen and oxygen atoms in total. The lowest BCUT2D eigenvalue weighted by atomic mass is 10.0. The van der Waals surface area contributed by atoms with Crippen LogP contribution in [0.15, 0.2) is 62.1 Å². The van der Waals surface area contributed by atoms with E-state index in [1.165, 1.54) is 29.0 Å². The van der Waals surface area contributed by atoms with Crippen LogP contribution in [0.5, 0.6) is 0 Å². The third-order valence-electron chi connectivity index (χ3n) is 4.60. The number of esters is 1. The van der Waals surface area contributed by atoms with E-state index < -0.39 is 23.4 Å². The lowest BCUT2D eigenvalue weighted by molar-refractivity contribution is -0.139.